The molecule has 0 radical (unpaired) electrons. The van der Waals surface area contributed by atoms with E-state index in [0.29, 0.717) is 0 Å². The van der Waals surface area contributed by atoms with Crippen molar-refractivity contribution in [2.24, 2.45) is 0 Å². The molecule has 0 saturated heterocycles. The number of hydrogen-bond acceptors (Lipinski definition) is 10. The average Bonchev–Trinajstić information content (AvgIpc) is 2.67. The summed E-state index contributed by atoms with van der Waals surface area (Å²) in [7, 11) is 0. The molecule has 0 bridgehead atoms. The predicted molar refractivity (Wildman–Crippen MR) is 85.0 cm³/mol. The number of carbonyl (C=O) groups excluding carboxylic acids is 2. The Labute approximate surface area is 150 Å². The summed E-state index contributed by atoms with van der Waals surface area (Å²) in [5.74, 6) is -1.77. The lowest BCUT2D eigenvalue weighted by Gasteiger charge is -2.08. The lowest BCUT2D eigenvalue weighted by molar-refractivity contribution is -0.249. The summed E-state index contributed by atoms with van der Waals surface area (Å²) in [5.41, 5.74) is -0.122. The van der Waals surface area contributed by atoms with Crippen LogP contribution < -0.4 is 0 Å². The summed E-state index contributed by atoms with van der Waals surface area (Å²) in [6, 6.07) is 5.83. The standard InChI is InChI=1S/C16H22O10/c17-5-7-21-9-11-23-25-15(19)13-3-1-2-4-14(13)16(20)26-24-12-10-22-8-6-18/h1-4,17-18H,5-12H2. The van der Waals surface area contributed by atoms with Gasteiger partial charge >= 0.3 is 11.9 Å². The minimum atomic E-state index is -0.883. The number of benzene rings is 1. The minimum Gasteiger partial charge on any atom is -0.394 e. The van der Waals surface area contributed by atoms with Gasteiger partial charge < -0.3 is 19.7 Å². The Morgan fingerprint density at radius 3 is 1.50 bits per heavy atom. The highest BCUT2D eigenvalue weighted by Gasteiger charge is 2.20. The van der Waals surface area contributed by atoms with Gasteiger partial charge in [-0.2, -0.15) is 9.78 Å². The first-order valence-electron chi connectivity index (χ1n) is 7.84. The third kappa shape index (κ3) is 8.85. The first kappa shape index (κ1) is 22.0. The molecule has 10 heteroatoms. The quantitative estimate of drug-likeness (QED) is 0.258. The van der Waals surface area contributed by atoms with Crippen LogP contribution >= 0.6 is 0 Å². The molecule has 0 heterocycles. The van der Waals surface area contributed by atoms with E-state index in [1.807, 2.05) is 0 Å². The Kier molecular flexibility index (Phi) is 11.9. The Hall–Kier alpha value is -2.08. The lowest BCUT2D eigenvalue weighted by atomic mass is 10.1. The average molecular weight is 374 g/mol. The van der Waals surface area contributed by atoms with E-state index in [1.54, 1.807) is 12.1 Å². The smallest absolute Gasteiger partial charge is 0.373 e. The Bertz CT molecular complexity index is 487. The van der Waals surface area contributed by atoms with Crippen LogP contribution in [0.2, 0.25) is 0 Å². The maximum Gasteiger partial charge on any atom is 0.373 e. The van der Waals surface area contributed by atoms with Gasteiger partial charge in [-0.05, 0) is 12.1 Å². The molecule has 0 aromatic heterocycles. The van der Waals surface area contributed by atoms with Gasteiger partial charge in [0.05, 0.1) is 50.8 Å². The summed E-state index contributed by atoms with van der Waals surface area (Å²) in [6.07, 6.45) is 0. The monoisotopic (exact) mass is 374 g/mol. The van der Waals surface area contributed by atoms with Gasteiger partial charge in [0.25, 0.3) is 0 Å². The molecule has 1 aromatic rings. The van der Waals surface area contributed by atoms with E-state index in [4.69, 9.17) is 29.5 Å². The molecular formula is C16H22O10. The lowest BCUT2D eigenvalue weighted by Crippen LogP contribution is -2.17. The van der Waals surface area contributed by atoms with Gasteiger partial charge in [-0.3, -0.25) is 9.78 Å². The van der Waals surface area contributed by atoms with Crippen LogP contribution in [0.25, 0.3) is 0 Å². The molecule has 0 aliphatic carbocycles. The van der Waals surface area contributed by atoms with Crippen molar-refractivity contribution in [1.82, 2.24) is 0 Å². The third-order valence-electron chi connectivity index (χ3n) is 2.73. The van der Waals surface area contributed by atoms with Crippen LogP contribution in [-0.2, 0) is 29.0 Å². The van der Waals surface area contributed by atoms with Crippen molar-refractivity contribution in [3.63, 3.8) is 0 Å². The van der Waals surface area contributed by atoms with Crippen molar-refractivity contribution < 1.29 is 48.8 Å². The van der Waals surface area contributed by atoms with E-state index in [-0.39, 0.29) is 64.0 Å². The van der Waals surface area contributed by atoms with Crippen LogP contribution in [-0.4, -0.2) is 75.0 Å². The van der Waals surface area contributed by atoms with Gasteiger partial charge in [-0.15, -0.1) is 0 Å². The zero-order chi connectivity index (χ0) is 19.0. The second-order valence-corrected chi connectivity index (χ2v) is 4.60. The van der Waals surface area contributed by atoms with Crippen LogP contribution in [0.15, 0.2) is 24.3 Å². The van der Waals surface area contributed by atoms with Crippen LogP contribution in [0, 0.1) is 0 Å². The zero-order valence-electron chi connectivity index (χ0n) is 14.1. The topological polar surface area (TPSA) is 130 Å². The number of aliphatic hydroxyl groups excluding tert-OH is 2. The molecule has 26 heavy (non-hydrogen) atoms. The fourth-order valence-electron chi connectivity index (χ4n) is 1.64. The predicted octanol–water partition coefficient (Wildman–Crippen LogP) is -0.119. The van der Waals surface area contributed by atoms with E-state index >= 15 is 0 Å². The Morgan fingerprint density at radius 2 is 1.12 bits per heavy atom. The first-order chi connectivity index (χ1) is 12.7. The summed E-state index contributed by atoms with van der Waals surface area (Å²) < 4.78 is 9.86. The molecule has 1 rings (SSSR count). The summed E-state index contributed by atoms with van der Waals surface area (Å²) in [5, 5.41) is 17.1. The van der Waals surface area contributed by atoms with Crippen molar-refractivity contribution in [2.75, 3.05) is 52.9 Å². The number of aliphatic hydroxyl groups is 2. The van der Waals surface area contributed by atoms with Crippen LogP contribution in [0.5, 0.6) is 0 Å². The van der Waals surface area contributed by atoms with Crippen molar-refractivity contribution in [1.29, 1.82) is 0 Å². The molecule has 1 aromatic carbocycles. The molecular weight excluding hydrogens is 352 g/mol. The van der Waals surface area contributed by atoms with Crippen molar-refractivity contribution in [3.05, 3.63) is 35.4 Å². The fourth-order valence-corrected chi connectivity index (χ4v) is 1.64. The molecule has 10 nitrogen and oxygen atoms in total. The summed E-state index contributed by atoms with van der Waals surface area (Å²) in [4.78, 5) is 42.5. The van der Waals surface area contributed by atoms with E-state index in [2.05, 4.69) is 9.78 Å². The molecule has 2 N–H and O–H groups in total. The summed E-state index contributed by atoms with van der Waals surface area (Å²) in [6.45, 7) is 0.252. The molecule has 146 valence electrons. The highest BCUT2D eigenvalue weighted by atomic mass is 17.2. The first-order valence-corrected chi connectivity index (χ1v) is 7.84. The van der Waals surface area contributed by atoms with Crippen molar-refractivity contribution >= 4 is 11.9 Å². The van der Waals surface area contributed by atoms with Crippen LogP contribution in [0.4, 0.5) is 0 Å². The highest BCUT2D eigenvalue weighted by molar-refractivity contribution is 6.02. The van der Waals surface area contributed by atoms with Gasteiger partial charge in [0.1, 0.15) is 13.2 Å². The number of carbonyl (C=O) groups is 2. The molecule has 0 atom stereocenters. The van der Waals surface area contributed by atoms with Crippen molar-refractivity contribution in [2.45, 2.75) is 0 Å². The van der Waals surface area contributed by atoms with E-state index < -0.39 is 11.9 Å². The SMILES string of the molecule is O=C(OOCCOCCO)c1ccccc1C(=O)OOCCOCCO. The zero-order valence-corrected chi connectivity index (χ0v) is 14.1. The van der Waals surface area contributed by atoms with E-state index in [1.165, 1.54) is 12.1 Å². The largest absolute Gasteiger partial charge is 0.394 e. The van der Waals surface area contributed by atoms with Gasteiger partial charge in [0, 0.05) is 0 Å². The third-order valence-corrected chi connectivity index (χ3v) is 2.73. The Balaban J connectivity index is 2.42. The van der Waals surface area contributed by atoms with Gasteiger partial charge in [0.2, 0.25) is 0 Å². The number of hydrogen-bond donors (Lipinski definition) is 2. The fraction of sp³-hybridized carbons (Fsp3) is 0.500. The molecule has 0 aliphatic rings. The second kappa shape index (κ2) is 14.1. The molecule has 0 saturated carbocycles. The molecule has 0 unspecified atom stereocenters. The van der Waals surface area contributed by atoms with Gasteiger partial charge in [-0.25, -0.2) is 9.59 Å². The van der Waals surface area contributed by atoms with Crippen LogP contribution in [0.1, 0.15) is 20.7 Å². The Morgan fingerprint density at radius 1 is 0.692 bits per heavy atom. The molecule has 0 aliphatic heterocycles. The maximum absolute atomic E-state index is 12.0. The molecule has 0 spiro atoms. The summed E-state index contributed by atoms with van der Waals surface area (Å²) >= 11 is 0. The van der Waals surface area contributed by atoms with Crippen molar-refractivity contribution in [3.8, 4) is 0 Å². The van der Waals surface area contributed by atoms with Gasteiger partial charge in [0.15, 0.2) is 0 Å². The second-order valence-electron chi connectivity index (χ2n) is 4.60. The number of ether oxygens (including phenoxy) is 2. The minimum absolute atomic E-state index is 0.0324. The highest BCUT2D eigenvalue weighted by Crippen LogP contribution is 2.12. The van der Waals surface area contributed by atoms with Gasteiger partial charge in [-0.1, -0.05) is 12.1 Å². The number of rotatable bonds is 14. The normalized spacial score (nSPS) is 10.5. The molecule has 0 fully saturated rings. The van der Waals surface area contributed by atoms with E-state index in [9.17, 15) is 9.59 Å². The van der Waals surface area contributed by atoms with Crippen LogP contribution in [0.3, 0.4) is 0 Å². The maximum atomic E-state index is 12.0. The molecule has 0 amide bonds. The van der Waals surface area contributed by atoms with E-state index in [0.717, 1.165) is 0 Å².